The van der Waals surface area contributed by atoms with Crippen LogP contribution in [0.2, 0.25) is 0 Å². The van der Waals surface area contributed by atoms with E-state index in [1.807, 2.05) is 30.3 Å². The first-order valence-electron chi connectivity index (χ1n) is 8.20. The lowest BCUT2D eigenvalue weighted by Crippen LogP contribution is -2.32. The maximum atomic E-state index is 12.5. The first kappa shape index (κ1) is 18.7. The molecule has 134 valence electrons. The number of hydrogen-bond acceptors (Lipinski definition) is 6. The van der Waals surface area contributed by atoms with Crippen LogP contribution in [0.25, 0.3) is 0 Å². The van der Waals surface area contributed by atoms with Crippen molar-refractivity contribution in [3.05, 3.63) is 47.0 Å². The molecule has 0 bridgehead atoms. The van der Waals surface area contributed by atoms with Crippen molar-refractivity contribution in [3.63, 3.8) is 0 Å². The summed E-state index contributed by atoms with van der Waals surface area (Å²) in [6.07, 6.45) is 0. The number of cyclic esters (lactones) is 1. The Balaban J connectivity index is 2.53. The van der Waals surface area contributed by atoms with Crippen molar-refractivity contribution in [2.24, 2.45) is 5.92 Å². The lowest BCUT2D eigenvalue weighted by Gasteiger charge is -2.25. The molecule has 6 nitrogen and oxygen atoms in total. The number of esters is 3. The zero-order valence-corrected chi connectivity index (χ0v) is 14.8. The molecule has 1 aliphatic heterocycles. The third-order valence-corrected chi connectivity index (χ3v) is 4.29. The highest BCUT2D eigenvalue weighted by molar-refractivity contribution is 6.09. The van der Waals surface area contributed by atoms with E-state index in [1.165, 1.54) is 0 Å². The SMILES string of the molecule is CCOC(=O)C(C(=O)OCC)C1=C(C)C(C)(c2ccccc2)OC1=O. The summed E-state index contributed by atoms with van der Waals surface area (Å²) < 4.78 is 15.5. The normalized spacial score (nSPS) is 19.8. The topological polar surface area (TPSA) is 78.9 Å². The van der Waals surface area contributed by atoms with E-state index in [0.717, 1.165) is 5.56 Å². The summed E-state index contributed by atoms with van der Waals surface area (Å²) in [6.45, 7) is 6.84. The molecule has 25 heavy (non-hydrogen) atoms. The Bertz CT molecular complexity index is 688. The van der Waals surface area contributed by atoms with E-state index in [0.29, 0.717) is 5.57 Å². The van der Waals surface area contributed by atoms with Crippen molar-refractivity contribution < 1.29 is 28.6 Å². The molecule has 0 saturated heterocycles. The molecule has 6 heteroatoms. The van der Waals surface area contributed by atoms with Gasteiger partial charge in [0.05, 0.1) is 18.8 Å². The van der Waals surface area contributed by atoms with Crippen LogP contribution < -0.4 is 0 Å². The average Bonchev–Trinajstić information content (AvgIpc) is 2.81. The number of rotatable bonds is 6. The molecule has 0 radical (unpaired) electrons. The molecule has 0 aliphatic carbocycles. The van der Waals surface area contributed by atoms with Crippen molar-refractivity contribution in [3.8, 4) is 0 Å². The van der Waals surface area contributed by atoms with Crippen LogP contribution >= 0.6 is 0 Å². The number of carbonyl (C=O) groups is 3. The predicted octanol–water partition coefficient (Wildman–Crippen LogP) is 2.52. The van der Waals surface area contributed by atoms with Crippen molar-refractivity contribution in [2.75, 3.05) is 13.2 Å². The Morgan fingerprint density at radius 2 is 1.60 bits per heavy atom. The maximum Gasteiger partial charge on any atom is 0.336 e. The molecule has 1 aromatic rings. The standard InChI is InChI=1S/C19H22O6/c1-5-23-16(20)15(17(21)24-6-2)14-12(3)19(4,25-18(14)22)13-10-8-7-9-11-13/h7-11,15H,5-6H2,1-4H3. The summed E-state index contributed by atoms with van der Waals surface area (Å²) >= 11 is 0. The monoisotopic (exact) mass is 346 g/mol. The molecule has 1 heterocycles. The first-order valence-corrected chi connectivity index (χ1v) is 8.20. The van der Waals surface area contributed by atoms with Gasteiger partial charge in [-0.05, 0) is 38.8 Å². The highest BCUT2D eigenvalue weighted by Gasteiger charge is 2.50. The molecule has 0 spiro atoms. The van der Waals surface area contributed by atoms with E-state index in [1.54, 1.807) is 27.7 Å². The Morgan fingerprint density at radius 1 is 1.08 bits per heavy atom. The molecule has 0 N–H and O–H groups in total. The Morgan fingerprint density at radius 3 is 2.08 bits per heavy atom. The summed E-state index contributed by atoms with van der Waals surface area (Å²) in [4.78, 5) is 37.2. The van der Waals surface area contributed by atoms with Crippen molar-refractivity contribution >= 4 is 17.9 Å². The van der Waals surface area contributed by atoms with Crippen LogP contribution in [-0.4, -0.2) is 31.1 Å². The van der Waals surface area contributed by atoms with Gasteiger partial charge >= 0.3 is 17.9 Å². The lowest BCUT2D eigenvalue weighted by molar-refractivity contribution is -0.162. The van der Waals surface area contributed by atoms with Crippen molar-refractivity contribution in [1.82, 2.24) is 0 Å². The van der Waals surface area contributed by atoms with Crippen LogP contribution in [0.3, 0.4) is 0 Å². The van der Waals surface area contributed by atoms with Crippen LogP contribution in [0.15, 0.2) is 41.5 Å². The third-order valence-electron chi connectivity index (χ3n) is 4.29. The predicted molar refractivity (Wildman–Crippen MR) is 89.3 cm³/mol. The van der Waals surface area contributed by atoms with Gasteiger partial charge in [0.2, 0.25) is 0 Å². The van der Waals surface area contributed by atoms with E-state index in [-0.39, 0.29) is 18.8 Å². The summed E-state index contributed by atoms with van der Waals surface area (Å²) in [5.41, 5.74) is 0.186. The summed E-state index contributed by atoms with van der Waals surface area (Å²) in [6, 6.07) is 9.15. The highest BCUT2D eigenvalue weighted by Crippen LogP contribution is 2.43. The highest BCUT2D eigenvalue weighted by atomic mass is 16.6. The van der Waals surface area contributed by atoms with Gasteiger partial charge in [-0.15, -0.1) is 0 Å². The second kappa shape index (κ2) is 7.51. The van der Waals surface area contributed by atoms with Gasteiger partial charge in [-0.2, -0.15) is 0 Å². The molecule has 0 amide bonds. The van der Waals surface area contributed by atoms with Gasteiger partial charge in [0.25, 0.3) is 0 Å². The summed E-state index contributed by atoms with van der Waals surface area (Å²) in [5.74, 6) is -3.79. The molecule has 1 unspecified atom stereocenters. The number of ether oxygens (including phenoxy) is 3. The van der Waals surface area contributed by atoms with Gasteiger partial charge in [0, 0.05) is 0 Å². The molecule has 0 aromatic heterocycles. The van der Waals surface area contributed by atoms with E-state index < -0.39 is 29.4 Å². The van der Waals surface area contributed by atoms with Crippen molar-refractivity contribution in [2.45, 2.75) is 33.3 Å². The van der Waals surface area contributed by atoms with Gasteiger partial charge < -0.3 is 14.2 Å². The summed E-state index contributed by atoms with van der Waals surface area (Å²) in [5, 5.41) is 0. The van der Waals surface area contributed by atoms with Crippen LogP contribution in [0.1, 0.15) is 33.3 Å². The fourth-order valence-corrected chi connectivity index (χ4v) is 2.88. The first-order chi connectivity index (χ1) is 11.9. The zero-order valence-electron chi connectivity index (χ0n) is 14.8. The number of benzene rings is 1. The van der Waals surface area contributed by atoms with Crippen LogP contribution in [0.5, 0.6) is 0 Å². The van der Waals surface area contributed by atoms with Crippen LogP contribution in [0.4, 0.5) is 0 Å². The number of hydrogen-bond donors (Lipinski definition) is 0. The van der Waals surface area contributed by atoms with Gasteiger partial charge in [-0.3, -0.25) is 9.59 Å². The van der Waals surface area contributed by atoms with E-state index in [9.17, 15) is 14.4 Å². The van der Waals surface area contributed by atoms with Gasteiger partial charge in [0.1, 0.15) is 0 Å². The smallest absolute Gasteiger partial charge is 0.336 e. The second-order valence-electron chi connectivity index (χ2n) is 5.76. The number of carbonyl (C=O) groups excluding carboxylic acids is 3. The lowest BCUT2D eigenvalue weighted by atomic mass is 9.84. The summed E-state index contributed by atoms with van der Waals surface area (Å²) in [7, 11) is 0. The van der Waals surface area contributed by atoms with Crippen LogP contribution in [-0.2, 0) is 34.2 Å². The minimum Gasteiger partial charge on any atom is -0.465 e. The third kappa shape index (κ3) is 3.43. The van der Waals surface area contributed by atoms with Gasteiger partial charge in [-0.25, -0.2) is 4.79 Å². The molecule has 0 fully saturated rings. The van der Waals surface area contributed by atoms with Gasteiger partial charge in [0.15, 0.2) is 11.5 Å². The quantitative estimate of drug-likeness (QED) is 0.447. The van der Waals surface area contributed by atoms with E-state index in [4.69, 9.17) is 14.2 Å². The van der Waals surface area contributed by atoms with Crippen LogP contribution in [0, 0.1) is 5.92 Å². The molecule has 2 rings (SSSR count). The maximum absolute atomic E-state index is 12.5. The molecule has 0 saturated carbocycles. The fraction of sp³-hybridized carbons (Fsp3) is 0.421. The molecule has 1 atom stereocenters. The second-order valence-corrected chi connectivity index (χ2v) is 5.76. The minimum atomic E-state index is -1.45. The Hall–Kier alpha value is -2.63. The molecule has 1 aliphatic rings. The van der Waals surface area contributed by atoms with Gasteiger partial charge in [-0.1, -0.05) is 30.3 Å². The fourth-order valence-electron chi connectivity index (χ4n) is 2.88. The molecular weight excluding hydrogens is 324 g/mol. The average molecular weight is 346 g/mol. The largest absolute Gasteiger partial charge is 0.465 e. The van der Waals surface area contributed by atoms with Crippen molar-refractivity contribution in [1.29, 1.82) is 0 Å². The zero-order chi connectivity index (χ0) is 18.6. The van der Waals surface area contributed by atoms with E-state index >= 15 is 0 Å². The molecule has 1 aromatic carbocycles. The Kier molecular flexibility index (Phi) is 5.62. The molecular formula is C19H22O6. The minimum absolute atomic E-state index is 0.0109. The van der Waals surface area contributed by atoms with E-state index in [2.05, 4.69) is 0 Å². The Labute approximate surface area is 146 Å².